The van der Waals surface area contributed by atoms with Crippen molar-refractivity contribution in [2.24, 2.45) is 0 Å². The van der Waals surface area contributed by atoms with Crippen molar-refractivity contribution in [2.45, 2.75) is 37.6 Å². The van der Waals surface area contributed by atoms with Gasteiger partial charge < -0.3 is 9.88 Å². The monoisotopic (exact) mass is 419 g/mol. The second kappa shape index (κ2) is 7.40. The fourth-order valence-electron chi connectivity index (χ4n) is 4.34. The predicted octanol–water partition coefficient (Wildman–Crippen LogP) is 3.63. The fraction of sp³-hybridized carbons (Fsp3) is 0.292. The number of nitrogens with one attached hydrogen (secondary N) is 1. The van der Waals surface area contributed by atoms with Crippen LogP contribution in [0.5, 0.6) is 0 Å². The number of carbonyl (C=O) groups is 1. The molecule has 1 aliphatic carbocycles. The number of nitrogens with zero attached hydrogens (tertiary/aromatic N) is 2. The van der Waals surface area contributed by atoms with Crippen LogP contribution in [0.15, 0.2) is 59.4 Å². The molecule has 6 heteroatoms. The molecule has 0 bridgehead atoms. The average Bonchev–Trinajstić information content (AvgIpc) is 3.56. The molecule has 1 fully saturated rings. The van der Waals surface area contributed by atoms with Gasteiger partial charge >= 0.3 is 0 Å². The number of amides is 1. The van der Waals surface area contributed by atoms with Gasteiger partial charge in [0.25, 0.3) is 5.56 Å². The van der Waals surface area contributed by atoms with E-state index in [0.29, 0.717) is 30.1 Å². The number of fused-ring (bicyclic) bond motifs is 1. The zero-order chi connectivity index (χ0) is 20.7. The topological polar surface area (TPSA) is 66.1 Å². The predicted molar refractivity (Wildman–Crippen MR) is 116 cm³/mol. The van der Waals surface area contributed by atoms with Gasteiger partial charge in [-0.2, -0.15) is 0 Å². The molecule has 1 aromatic heterocycles. The maximum Gasteiger partial charge on any atom is 0.256 e. The molecule has 1 aliphatic heterocycles. The number of carbonyl (C=O) groups excluding carboxylic acids is 1. The normalized spacial score (nSPS) is 16.8. The summed E-state index contributed by atoms with van der Waals surface area (Å²) in [4.78, 5) is 35.3. The smallest absolute Gasteiger partial charge is 0.256 e. The Morgan fingerprint density at radius 2 is 1.93 bits per heavy atom. The van der Waals surface area contributed by atoms with Crippen LogP contribution < -0.4 is 5.56 Å². The molecule has 0 atom stereocenters. The summed E-state index contributed by atoms with van der Waals surface area (Å²) < 4.78 is 0. The lowest BCUT2D eigenvalue weighted by Gasteiger charge is -2.28. The van der Waals surface area contributed by atoms with Crippen LogP contribution in [0.1, 0.15) is 41.1 Å². The van der Waals surface area contributed by atoms with E-state index < -0.39 is 0 Å². The molecule has 0 saturated heterocycles. The van der Waals surface area contributed by atoms with Crippen LogP contribution in [0.4, 0.5) is 0 Å². The summed E-state index contributed by atoms with van der Waals surface area (Å²) in [5, 5.41) is 0.616. The molecule has 1 amide bonds. The Kier molecular flexibility index (Phi) is 4.70. The largest absolute Gasteiger partial charge is 0.337 e. The van der Waals surface area contributed by atoms with E-state index in [1.54, 1.807) is 17.0 Å². The van der Waals surface area contributed by atoms with Crippen molar-refractivity contribution in [1.82, 2.24) is 14.9 Å². The third-order valence-electron chi connectivity index (χ3n) is 6.20. The van der Waals surface area contributed by atoms with Crippen molar-refractivity contribution in [3.05, 3.63) is 98.2 Å². The highest BCUT2D eigenvalue weighted by atomic mass is 35.5. The maximum absolute atomic E-state index is 12.9. The molecule has 5 rings (SSSR count). The molecule has 0 radical (unpaired) electrons. The average molecular weight is 420 g/mol. The number of aromatic nitrogens is 2. The van der Waals surface area contributed by atoms with Crippen molar-refractivity contribution in [3.8, 4) is 0 Å². The Morgan fingerprint density at radius 3 is 2.67 bits per heavy atom. The molecule has 2 aliphatic rings. The fourth-order valence-corrected chi connectivity index (χ4v) is 4.56. The molecule has 2 heterocycles. The van der Waals surface area contributed by atoms with E-state index in [0.717, 1.165) is 29.9 Å². The third kappa shape index (κ3) is 3.43. The van der Waals surface area contributed by atoms with Crippen LogP contribution in [0.3, 0.4) is 0 Å². The highest BCUT2D eigenvalue weighted by Gasteiger charge is 2.48. The quantitative estimate of drug-likeness (QED) is 0.702. The van der Waals surface area contributed by atoms with Crippen LogP contribution in [0, 0.1) is 0 Å². The minimum atomic E-state index is -0.172. The van der Waals surface area contributed by atoms with Crippen molar-refractivity contribution in [2.75, 3.05) is 6.54 Å². The molecule has 2 aromatic carbocycles. The van der Waals surface area contributed by atoms with E-state index >= 15 is 0 Å². The Balaban J connectivity index is 1.38. The summed E-state index contributed by atoms with van der Waals surface area (Å²) in [7, 11) is 0. The van der Waals surface area contributed by atoms with Crippen molar-refractivity contribution in [1.29, 1.82) is 0 Å². The van der Waals surface area contributed by atoms with E-state index in [1.165, 1.54) is 5.56 Å². The van der Waals surface area contributed by atoms with Gasteiger partial charge in [0.05, 0.1) is 29.6 Å². The van der Waals surface area contributed by atoms with E-state index in [2.05, 4.69) is 17.1 Å². The summed E-state index contributed by atoms with van der Waals surface area (Å²) in [6, 6.07) is 17.6. The first-order valence-corrected chi connectivity index (χ1v) is 10.6. The van der Waals surface area contributed by atoms with E-state index in [1.807, 2.05) is 30.3 Å². The molecule has 3 aromatic rings. The van der Waals surface area contributed by atoms with Crippen LogP contribution in [0.25, 0.3) is 0 Å². The summed E-state index contributed by atoms with van der Waals surface area (Å²) in [5.74, 6) is 0.755. The van der Waals surface area contributed by atoms with Crippen LogP contribution in [-0.4, -0.2) is 27.3 Å². The lowest BCUT2D eigenvalue weighted by molar-refractivity contribution is -0.131. The molecular weight excluding hydrogens is 398 g/mol. The lowest BCUT2D eigenvalue weighted by Crippen LogP contribution is -2.41. The summed E-state index contributed by atoms with van der Waals surface area (Å²) in [6.07, 6.45) is 2.85. The number of halogens is 1. The maximum atomic E-state index is 12.9. The van der Waals surface area contributed by atoms with Gasteiger partial charge in [0, 0.05) is 18.0 Å². The first-order valence-electron chi connectivity index (χ1n) is 10.3. The lowest BCUT2D eigenvalue weighted by atomic mass is 9.94. The minimum Gasteiger partial charge on any atom is -0.337 e. The number of rotatable bonds is 4. The zero-order valence-electron chi connectivity index (χ0n) is 16.5. The highest BCUT2D eigenvalue weighted by Crippen LogP contribution is 2.51. The highest BCUT2D eigenvalue weighted by molar-refractivity contribution is 6.30. The number of hydrogen-bond donors (Lipinski definition) is 1. The van der Waals surface area contributed by atoms with Crippen molar-refractivity contribution >= 4 is 17.5 Å². The second-order valence-electron chi connectivity index (χ2n) is 8.16. The van der Waals surface area contributed by atoms with E-state index in [4.69, 9.17) is 16.6 Å². The number of aromatic amines is 1. The SMILES string of the molecule is O=C(Cc1cccc(Cl)c1)N1CCc2nc(C3(c4ccccc4)CC3)[nH]c(=O)c2C1. The zero-order valence-corrected chi connectivity index (χ0v) is 17.3. The van der Waals surface area contributed by atoms with Gasteiger partial charge in [-0.15, -0.1) is 0 Å². The van der Waals surface area contributed by atoms with Gasteiger partial charge in [-0.25, -0.2) is 4.98 Å². The first kappa shape index (κ1) is 19.1. The van der Waals surface area contributed by atoms with Crippen LogP contribution in [-0.2, 0) is 29.6 Å². The third-order valence-corrected chi connectivity index (χ3v) is 6.43. The molecule has 152 valence electrons. The van der Waals surface area contributed by atoms with Crippen LogP contribution >= 0.6 is 11.6 Å². The summed E-state index contributed by atoms with van der Waals surface area (Å²) in [5.41, 5.74) is 3.20. The van der Waals surface area contributed by atoms with Gasteiger partial charge in [0.2, 0.25) is 5.91 Å². The summed E-state index contributed by atoms with van der Waals surface area (Å²) in [6.45, 7) is 0.871. The van der Waals surface area contributed by atoms with Crippen molar-refractivity contribution in [3.63, 3.8) is 0 Å². The standard InChI is InChI=1S/C24H22ClN3O2/c25-18-8-4-5-16(13-18)14-21(29)28-12-9-20-19(15-28)22(30)27-23(26-20)24(10-11-24)17-6-2-1-3-7-17/h1-8,13H,9-12,14-15H2,(H,26,27,30). The van der Waals surface area contributed by atoms with Gasteiger partial charge in [0.15, 0.2) is 0 Å². The van der Waals surface area contributed by atoms with Gasteiger partial charge in [-0.1, -0.05) is 54.1 Å². The molecule has 1 saturated carbocycles. The summed E-state index contributed by atoms with van der Waals surface area (Å²) >= 11 is 6.02. The Labute approximate surface area is 179 Å². The molecule has 5 nitrogen and oxygen atoms in total. The molecular formula is C24H22ClN3O2. The minimum absolute atomic E-state index is 0.00524. The second-order valence-corrected chi connectivity index (χ2v) is 8.60. The molecule has 30 heavy (non-hydrogen) atoms. The van der Waals surface area contributed by atoms with Gasteiger partial charge in [-0.05, 0) is 36.1 Å². The Bertz CT molecular complexity index is 1170. The molecule has 0 spiro atoms. The van der Waals surface area contributed by atoms with E-state index in [-0.39, 0.29) is 23.3 Å². The van der Waals surface area contributed by atoms with Crippen molar-refractivity contribution < 1.29 is 4.79 Å². The molecule has 0 unspecified atom stereocenters. The number of benzene rings is 2. The van der Waals surface area contributed by atoms with Gasteiger partial charge in [0.1, 0.15) is 5.82 Å². The first-order chi connectivity index (χ1) is 14.5. The van der Waals surface area contributed by atoms with E-state index in [9.17, 15) is 9.59 Å². The Morgan fingerprint density at radius 1 is 1.13 bits per heavy atom. The number of H-pyrrole nitrogens is 1. The van der Waals surface area contributed by atoms with Crippen LogP contribution in [0.2, 0.25) is 5.02 Å². The number of hydrogen-bond acceptors (Lipinski definition) is 3. The Hall–Kier alpha value is -2.92. The molecule has 1 N–H and O–H groups in total. The van der Waals surface area contributed by atoms with Gasteiger partial charge in [-0.3, -0.25) is 9.59 Å².